The number of aromatic carboxylic acids is 1. The molecule has 21 heavy (non-hydrogen) atoms. The van der Waals surface area contributed by atoms with Gasteiger partial charge in [-0.3, -0.25) is 4.79 Å². The lowest BCUT2D eigenvalue weighted by Crippen LogP contribution is -2.22. The first-order valence-electron chi connectivity index (χ1n) is 6.17. The Labute approximate surface area is 118 Å². The van der Waals surface area contributed by atoms with Gasteiger partial charge in [0.25, 0.3) is 5.91 Å². The number of carboxylic acids is 1. The van der Waals surface area contributed by atoms with Crippen LogP contribution in [0.15, 0.2) is 41.1 Å². The average Bonchev–Trinajstić information content (AvgIpc) is 3.12. The molecule has 0 spiro atoms. The summed E-state index contributed by atoms with van der Waals surface area (Å²) in [6, 6.07) is 7.98. The van der Waals surface area contributed by atoms with Crippen LogP contribution in [0.4, 0.5) is 0 Å². The summed E-state index contributed by atoms with van der Waals surface area (Å²) in [6.07, 6.45) is 1.56. The SMILES string of the molecule is O=C(NCc1ccc(C(=O)O)o1)c1ccc2nc[nH]c2c1. The number of aromatic amines is 1. The van der Waals surface area contributed by atoms with Crippen LogP contribution in [-0.4, -0.2) is 27.0 Å². The molecule has 0 saturated carbocycles. The third-order valence-corrected chi connectivity index (χ3v) is 2.98. The molecule has 0 aliphatic rings. The van der Waals surface area contributed by atoms with Gasteiger partial charge in [-0.2, -0.15) is 0 Å². The average molecular weight is 285 g/mol. The summed E-state index contributed by atoms with van der Waals surface area (Å²) < 4.78 is 5.06. The Morgan fingerprint density at radius 2 is 2.14 bits per heavy atom. The molecule has 0 aliphatic heterocycles. The maximum absolute atomic E-state index is 12.0. The molecule has 3 aromatic rings. The van der Waals surface area contributed by atoms with E-state index in [9.17, 15) is 9.59 Å². The molecule has 0 aliphatic carbocycles. The van der Waals surface area contributed by atoms with Gasteiger partial charge < -0.3 is 19.8 Å². The highest BCUT2D eigenvalue weighted by Gasteiger charge is 2.11. The molecule has 0 bridgehead atoms. The van der Waals surface area contributed by atoms with Crippen molar-refractivity contribution in [3.8, 4) is 0 Å². The highest BCUT2D eigenvalue weighted by atomic mass is 16.4. The highest BCUT2D eigenvalue weighted by Crippen LogP contribution is 2.12. The van der Waals surface area contributed by atoms with Crippen molar-refractivity contribution in [1.82, 2.24) is 15.3 Å². The smallest absolute Gasteiger partial charge is 0.371 e. The predicted octanol–water partition coefficient (Wildman–Crippen LogP) is 1.78. The molecule has 3 N–H and O–H groups in total. The molecule has 0 radical (unpaired) electrons. The molecular formula is C14H11N3O4. The van der Waals surface area contributed by atoms with E-state index in [1.807, 2.05) is 0 Å². The number of hydrogen-bond acceptors (Lipinski definition) is 4. The summed E-state index contributed by atoms with van der Waals surface area (Å²) in [7, 11) is 0. The van der Waals surface area contributed by atoms with Crippen LogP contribution < -0.4 is 5.32 Å². The van der Waals surface area contributed by atoms with Crippen LogP contribution in [-0.2, 0) is 6.54 Å². The first-order valence-corrected chi connectivity index (χ1v) is 6.17. The first-order chi connectivity index (χ1) is 10.1. The van der Waals surface area contributed by atoms with Crippen LogP contribution >= 0.6 is 0 Å². The first kappa shape index (κ1) is 12.9. The normalized spacial score (nSPS) is 10.7. The van der Waals surface area contributed by atoms with Gasteiger partial charge in [0, 0.05) is 5.56 Å². The molecule has 7 heteroatoms. The number of furan rings is 1. The molecule has 106 valence electrons. The number of H-pyrrole nitrogens is 1. The van der Waals surface area contributed by atoms with E-state index in [2.05, 4.69) is 15.3 Å². The van der Waals surface area contributed by atoms with E-state index < -0.39 is 5.97 Å². The van der Waals surface area contributed by atoms with Crippen molar-refractivity contribution >= 4 is 22.9 Å². The van der Waals surface area contributed by atoms with E-state index in [4.69, 9.17) is 9.52 Å². The van der Waals surface area contributed by atoms with E-state index in [0.29, 0.717) is 11.3 Å². The Morgan fingerprint density at radius 3 is 2.90 bits per heavy atom. The summed E-state index contributed by atoms with van der Waals surface area (Å²) in [6.45, 7) is 0.118. The minimum absolute atomic E-state index is 0.118. The Bertz CT molecular complexity index is 818. The second-order valence-corrected chi connectivity index (χ2v) is 4.39. The summed E-state index contributed by atoms with van der Waals surface area (Å²) >= 11 is 0. The van der Waals surface area contributed by atoms with Gasteiger partial charge in [0.15, 0.2) is 0 Å². The third-order valence-electron chi connectivity index (χ3n) is 2.98. The number of nitrogens with one attached hydrogen (secondary N) is 2. The van der Waals surface area contributed by atoms with Gasteiger partial charge in [-0.05, 0) is 30.3 Å². The summed E-state index contributed by atoms with van der Waals surface area (Å²) in [5, 5.41) is 11.4. The second kappa shape index (κ2) is 5.12. The molecule has 0 saturated heterocycles. The minimum atomic E-state index is -1.14. The van der Waals surface area contributed by atoms with Crippen molar-refractivity contribution in [2.75, 3.05) is 0 Å². The molecule has 1 aromatic carbocycles. The van der Waals surface area contributed by atoms with E-state index in [-0.39, 0.29) is 18.2 Å². The number of nitrogens with zero attached hydrogens (tertiary/aromatic N) is 1. The largest absolute Gasteiger partial charge is 0.475 e. The zero-order valence-corrected chi connectivity index (χ0v) is 10.8. The van der Waals surface area contributed by atoms with Crippen LogP contribution in [0.1, 0.15) is 26.7 Å². The number of carboxylic acid groups (broad SMARTS) is 1. The van der Waals surface area contributed by atoms with Crippen LogP contribution in [0.2, 0.25) is 0 Å². The molecule has 2 heterocycles. The van der Waals surface area contributed by atoms with Crippen molar-refractivity contribution in [2.45, 2.75) is 6.54 Å². The van der Waals surface area contributed by atoms with Gasteiger partial charge in [0.1, 0.15) is 5.76 Å². The maximum Gasteiger partial charge on any atom is 0.371 e. The van der Waals surface area contributed by atoms with Gasteiger partial charge in [-0.1, -0.05) is 0 Å². The monoisotopic (exact) mass is 285 g/mol. The number of rotatable bonds is 4. The fourth-order valence-corrected chi connectivity index (χ4v) is 1.93. The van der Waals surface area contributed by atoms with Crippen molar-refractivity contribution in [3.05, 3.63) is 53.7 Å². The predicted molar refractivity (Wildman–Crippen MR) is 72.9 cm³/mol. The molecule has 1 amide bonds. The van der Waals surface area contributed by atoms with Gasteiger partial charge in [0.05, 0.1) is 23.9 Å². The van der Waals surface area contributed by atoms with Crippen molar-refractivity contribution in [3.63, 3.8) is 0 Å². The van der Waals surface area contributed by atoms with Gasteiger partial charge in [-0.15, -0.1) is 0 Å². The number of carbonyl (C=O) groups excluding carboxylic acids is 1. The maximum atomic E-state index is 12.0. The van der Waals surface area contributed by atoms with Crippen molar-refractivity contribution in [2.24, 2.45) is 0 Å². The fourth-order valence-electron chi connectivity index (χ4n) is 1.93. The lowest BCUT2D eigenvalue weighted by molar-refractivity contribution is 0.0660. The second-order valence-electron chi connectivity index (χ2n) is 4.39. The van der Waals surface area contributed by atoms with E-state index in [1.54, 1.807) is 24.5 Å². The molecule has 2 aromatic heterocycles. The molecule has 0 atom stereocenters. The van der Waals surface area contributed by atoms with Crippen LogP contribution in [0.3, 0.4) is 0 Å². The van der Waals surface area contributed by atoms with Gasteiger partial charge in [-0.25, -0.2) is 9.78 Å². The third kappa shape index (κ3) is 2.62. The Balaban J connectivity index is 1.69. The number of carbonyl (C=O) groups is 2. The number of imidazole rings is 1. The minimum Gasteiger partial charge on any atom is -0.475 e. The number of amides is 1. The van der Waals surface area contributed by atoms with Gasteiger partial charge >= 0.3 is 5.97 Å². The van der Waals surface area contributed by atoms with E-state index in [1.165, 1.54) is 12.1 Å². The molecule has 0 unspecified atom stereocenters. The van der Waals surface area contributed by atoms with E-state index in [0.717, 1.165) is 11.0 Å². The number of fused-ring (bicyclic) bond motifs is 1. The Morgan fingerprint density at radius 1 is 1.29 bits per heavy atom. The Kier molecular flexibility index (Phi) is 3.15. The quantitative estimate of drug-likeness (QED) is 0.677. The molecule has 0 fully saturated rings. The zero-order chi connectivity index (χ0) is 14.8. The lowest BCUT2D eigenvalue weighted by Gasteiger charge is -2.03. The lowest BCUT2D eigenvalue weighted by atomic mass is 10.2. The molecule has 7 nitrogen and oxygen atoms in total. The zero-order valence-electron chi connectivity index (χ0n) is 10.8. The Hall–Kier alpha value is -3.09. The summed E-state index contributed by atoms with van der Waals surface area (Å²) in [5.74, 6) is -1.20. The molecule has 3 rings (SSSR count). The topological polar surface area (TPSA) is 108 Å². The van der Waals surface area contributed by atoms with Gasteiger partial charge in [0.2, 0.25) is 5.76 Å². The van der Waals surface area contributed by atoms with Crippen LogP contribution in [0.25, 0.3) is 11.0 Å². The number of hydrogen-bond donors (Lipinski definition) is 3. The molecular weight excluding hydrogens is 274 g/mol. The van der Waals surface area contributed by atoms with Crippen molar-refractivity contribution < 1.29 is 19.1 Å². The van der Waals surface area contributed by atoms with Crippen molar-refractivity contribution in [1.29, 1.82) is 0 Å². The number of aromatic nitrogens is 2. The highest BCUT2D eigenvalue weighted by molar-refractivity contribution is 5.97. The van der Waals surface area contributed by atoms with E-state index >= 15 is 0 Å². The fraction of sp³-hybridized carbons (Fsp3) is 0.0714. The summed E-state index contributed by atoms with van der Waals surface area (Å²) in [5.41, 5.74) is 2.04. The number of benzene rings is 1. The van der Waals surface area contributed by atoms with Crippen LogP contribution in [0, 0.1) is 0 Å². The standard InChI is InChI=1S/C14H11N3O4/c18-13(8-1-3-10-11(5-8)17-7-16-10)15-6-9-2-4-12(21-9)14(19)20/h1-5,7H,6H2,(H,15,18)(H,16,17)(H,19,20). The summed E-state index contributed by atoms with van der Waals surface area (Å²) in [4.78, 5) is 29.7. The van der Waals surface area contributed by atoms with Crippen LogP contribution in [0.5, 0.6) is 0 Å².